The molecule has 0 radical (unpaired) electrons. The van der Waals surface area contributed by atoms with Gasteiger partial charge in [0.15, 0.2) is 11.5 Å². The van der Waals surface area contributed by atoms with Crippen LogP contribution in [-0.2, 0) is 15.9 Å². The third-order valence-corrected chi connectivity index (χ3v) is 5.64. The summed E-state index contributed by atoms with van der Waals surface area (Å²) < 4.78 is 78.9. The van der Waals surface area contributed by atoms with Crippen LogP contribution in [0.25, 0.3) is 0 Å². The van der Waals surface area contributed by atoms with Gasteiger partial charge < -0.3 is 19.9 Å². The molecule has 2 aliphatic rings. The van der Waals surface area contributed by atoms with Crippen LogP contribution in [0.3, 0.4) is 0 Å². The molecule has 0 amide bonds. The molecule has 0 bridgehead atoms. The lowest BCUT2D eigenvalue weighted by Crippen LogP contribution is -2.51. The second-order valence-electron chi connectivity index (χ2n) is 8.70. The second-order valence-corrected chi connectivity index (χ2v) is 8.70. The molecule has 2 heterocycles. The number of carbonyl (C=O) groups is 1. The molecule has 1 aromatic rings. The Hall–Kier alpha value is -1.79. The summed E-state index contributed by atoms with van der Waals surface area (Å²) in [7, 11) is 2.53. The van der Waals surface area contributed by atoms with Crippen LogP contribution in [0.5, 0.6) is 11.5 Å². The first-order chi connectivity index (χ1) is 17.0. The van der Waals surface area contributed by atoms with Crippen molar-refractivity contribution in [1.82, 2.24) is 4.90 Å². The van der Waals surface area contributed by atoms with Crippen molar-refractivity contribution in [1.29, 1.82) is 0 Å². The van der Waals surface area contributed by atoms with Gasteiger partial charge in [-0.3, -0.25) is 9.69 Å². The van der Waals surface area contributed by atoms with Crippen molar-refractivity contribution >= 4 is 5.97 Å². The Morgan fingerprint density at radius 2 is 1.97 bits per heavy atom. The highest BCUT2D eigenvalue weighted by atomic mass is 16.5. The van der Waals surface area contributed by atoms with Crippen molar-refractivity contribution in [3.8, 4) is 11.5 Å². The summed E-state index contributed by atoms with van der Waals surface area (Å²) in [5.41, 5.74) is 5.41. The van der Waals surface area contributed by atoms with Crippen LogP contribution < -0.4 is 15.2 Å². The molecule has 3 unspecified atom stereocenters. The third-order valence-electron chi connectivity index (χ3n) is 5.64. The summed E-state index contributed by atoms with van der Waals surface area (Å²) >= 11 is 0. The van der Waals surface area contributed by atoms with Crippen molar-refractivity contribution < 1.29 is 28.6 Å². The van der Waals surface area contributed by atoms with E-state index >= 15 is 0 Å². The summed E-state index contributed by atoms with van der Waals surface area (Å²) in [6.45, 7) is 4.73. The van der Waals surface area contributed by atoms with Crippen molar-refractivity contribution in [2.75, 3.05) is 27.3 Å². The lowest BCUT2D eigenvalue weighted by molar-refractivity contribution is -0.160. The van der Waals surface area contributed by atoms with Crippen LogP contribution in [0, 0.1) is 17.8 Å². The van der Waals surface area contributed by atoms with E-state index in [2.05, 4.69) is 0 Å². The molecule has 0 spiro atoms. The van der Waals surface area contributed by atoms with Gasteiger partial charge in [-0.1, -0.05) is 27.7 Å². The van der Waals surface area contributed by atoms with E-state index in [9.17, 15) is 6.17 Å². The van der Waals surface area contributed by atoms with E-state index in [4.69, 9.17) is 28.2 Å². The van der Waals surface area contributed by atoms with E-state index in [1.165, 1.54) is 14.2 Å². The predicted octanol–water partition coefficient (Wildman–Crippen LogP) is 3.56. The van der Waals surface area contributed by atoms with Gasteiger partial charge in [-0.15, -0.1) is 0 Å². The summed E-state index contributed by atoms with van der Waals surface area (Å²) in [6, 6.07) is -3.76. The molecule has 2 aliphatic heterocycles. The minimum absolute atomic E-state index is 0.0936. The highest BCUT2D eigenvalue weighted by Crippen LogP contribution is 2.44. The minimum Gasteiger partial charge on any atom is -0.493 e. The monoisotopic (exact) mass is 425 g/mol. The number of nitrogens with zero attached hydrogens (tertiary/aromatic N) is 1. The van der Waals surface area contributed by atoms with Crippen LogP contribution >= 0.6 is 0 Å². The molecule has 2 N–H and O–H groups in total. The van der Waals surface area contributed by atoms with E-state index in [-0.39, 0.29) is 47.9 Å². The number of rotatable bonds is 7. The van der Waals surface area contributed by atoms with Crippen LogP contribution in [-0.4, -0.2) is 50.3 Å². The molecule has 168 valence electrons. The number of piperidine rings is 1. The first kappa shape index (κ1) is 15.1. The van der Waals surface area contributed by atoms with Gasteiger partial charge in [0.05, 0.1) is 18.3 Å². The molecule has 3 rings (SSSR count). The van der Waals surface area contributed by atoms with E-state index in [1.54, 1.807) is 13.8 Å². The Morgan fingerprint density at radius 3 is 2.57 bits per heavy atom. The molecular weight excluding hydrogens is 380 g/mol. The molecule has 0 saturated carbocycles. The fraction of sp³-hybridized carbons (Fsp3) is 0.708. The predicted molar refractivity (Wildman–Crippen MR) is 118 cm³/mol. The van der Waals surface area contributed by atoms with Gasteiger partial charge in [-0.25, -0.2) is 0 Å². The molecule has 1 saturated heterocycles. The summed E-state index contributed by atoms with van der Waals surface area (Å²) in [6.07, 6.45) is -3.28. The standard InChI is InChI=1S/C24H38N2O4/c1-14(2)9-17-13-26-8-7-16-10-21(28-5)22(29-6)11-18(16)19(26)12-20(17)30-24(27)23(25)15(3)4/h10-11,14-15,17,19-20,23H,7-9,12-13,25H2,1-6H3/t17?,19?,20?,23-/m0/s1/i7D2,8D2,10D,11D,19D. The van der Waals surface area contributed by atoms with Gasteiger partial charge in [-0.2, -0.15) is 0 Å². The zero-order valence-electron chi connectivity index (χ0n) is 25.7. The fourth-order valence-electron chi connectivity index (χ4n) is 3.94. The Kier molecular flexibility index (Phi) is 4.81. The van der Waals surface area contributed by atoms with Crippen LogP contribution in [0.2, 0.25) is 0 Å². The van der Waals surface area contributed by atoms with E-state index < -0.39 is 54.5 Å². The lowest BCUT2D eigenvalue weighted by Gasteiger charge is -2.47. The Bertz CT molecular complexity index is 1050. The van der Waals surface area contributed by atoms with Gasteiger partial charge in [0.25, 0.3) is 0 Å². The van der Waals surface area contributed by atoms with Gasteiger partial charge in [0, 0.05) is 36.9 Å². The molecular formula is C24H38N2O4. The average molecular weight is 426 g/mol. The van der Waals surface area contributed by atoms with Crippen LogP contribution in [0.1, 0.15) is 67.3 Å². The molecule has 6 nitrogen and oxygen atoms in total. The van der Waals surface area contributed by atoms with E-state index in [0.717, 1.165) is 4.90 Å². The third kappa shape index (κ3) is 4.75. The number of ether oxygens (including phenoxy) is 3. The van der Waals surface area contributed by atoms with Crippen molar-refractivity contribution in [3.05, 3.63) is 23.2 Å². The largest absolute Gasteiger partial charge is 0.493 e. The highest BCUT2D eigenvalue weighted by molar-refractivity contribution is 5.76. The number of benzene rings is 1. The Balaban J connectivity index is 2.28. The van der Waals surface area contributed by atoms with Crippen LogP contribution in [0.4, 0.5) is 0 Å². The van der Waals surface area contributed by atoms with Crippen molar-refractivity contribution in [2.45, 2.75) is 65.1 Å². The first-order valence-electron chi connectivity index (χ1n) is 14.0. The number of nitrogens with two attached hydrogens (primary N) is 1. The minimum atomic E-state index is -2.76. The second kappa shape index (κ2) is 9.56. The SMILES string of the molecule is [2H]c1c(OC)c(OC)c([2H])c2c1C1([2H])CC(OC(=O)[C@@H](N)C(C)C)C(CC(C)C)CN1C([2H])([2H])C2([2H])[2H]. The Morgan fingerprint density at radius 1 is 1.30 bits per heavy atom. The molecule has 1 aromatic carbocycles. The maximum atomic E-state index is 12.9. The number of esters is 1. The van der Waals surface area contributed by atoms with Crippen molar-refractivity contribution in [3.63, 3.8) is 0 Å². The molecule has 0 aliphatic carbocycles. The first-order valence-corrected chi connectivity index (χ1v) is 10.5. The molecule has 4 atom stereocenters. The van der Waals surface area contributed by atoms with Crippen molar-refractivity contribution in [2.24, 2.45) is 23.5 Å². The Labute approximate surface area is 190 Å². The van der Waals surface area contributed by atoms with E-state index in [0.29, 0.717) is 6.42 Å². The quantitative estimate of drug-likeness (QED) is 0.673. The number of methoxy groups -OCH3 is 2. The number of hydrogen-bond donors (Lipinski definition) is 1. The maximum Gasteiger partial charge on any atom is 0.323 e. The van der Waals surface area contributed by atoms with Gasteiger partial charge in [0.2, 0.25) is 0 Å². The zero-order chi connectivity index (χ0) is 28.2. The van der Waals surface area contributed by atoms with Gasteiger partial charge in [0.1, 0.15) is 12.1 Å². The summed E-state index contributed by atoms with van der Waals surface area (Å²) in [5, 5.41) is 0. The smallest absolute Gasteiger partial charge is 0.323 e. The zero-order valence-corrected chi connectivity index (χ0v) is 18.7. The van der Waals surface area contributed by atoms with Crippen LogP contribution in [0.15, 0.2) is 12.1 Å². The highest BCUT2D eigenvalue weighted by Gasteiger charge is 2.41. The lowest BCUT2D eigenvalue weighted by atomic mass is 9.79. The topological polar surface area (TPSA) is 74.0 Å². The average Bonchev–Trinajstić information content (AvgIpc) is 2.79. The number of fused-ring (bicyclic) bond motifs is 3. The number of hydrogen-bond acceptors (Lipinski definition) is 6. The fourth-order valence-corrected chi connectivity index (χ4v) is 3.94. The van der Waals surface area contributed by atoms with Gasteiger partial charge >= 0.3 is 5.97 Å². The summed E-state index contributed by atoms with van der Waals surface area (Å²) in [4.78, 5) is 14.0. The normalized spacial score (nSPS) is 34.1. The molecule has 0 aromatic heterocycles. The molecule has 1 fully saturated rings. The maximum absolute atomic E-state index is 12.9. The number of carbonyl (C=O) groups excluding carboxylic acids is 1. The molecule has 30 heavy (non-hydrogen) atoms. The molecule has 6 heteroatoms. The van der Waals surface area contributed by atoms with Gasteiger partial charge in [-0.05, 0) is 47.8 Å². The van der Waals surface area contributed by atoms with E-state index in [1.807, 2.05) is 13.8 Å². The summed E-state index contributed by atoms with van der Waals surface area (Å²) in [5.74, 6) is -1.41.